The third-order valence-corrected chi connectivity index (χ3v) is 7.35. The number of alkyl halides is 3. The smallest absolute Gasteiger partial charge is 0.383 e. The average molecular weight is 538 g/mol. The van der Waals surface area contributed by atoms with Gasteiger partial charge in [-0.3, -0.25) is 9.72 Å². The molecule has 0 aromatic carbocycles. The largest absolute Gasteiger partial charge is 0.401 e. The van der Waals surface area contributed by atoms with Crippen molar-refractivity contribution in [3.05, 3.63) is 48.4 Å². The molecular weight excluding hydrogens is 515 g/mol. The lowest BCUT2D eigenvalue weighted by Gasteiger charge is -2.15. The Bertz CT molecular complexity index is 1780. The van der Waals surface area contributed by atoms with Crippen LogP contribution in [-0.4, -0.2) is 41.3 Å². The second-order valence-electron chi connectivity index (χ2n) is 10.1. The average Bonchev–Trinajstić information content (AvgIpc) is 3.77. The van der Waals surface area contributed by atoms with Crippen molar-refractivity contribution in [2.24, 2.45) is 0 Å². The lowest BCUT2D eigenvalue weighted by atomic mass is 10.0. The molecule has 2 aliphatic rings. The second-order valence-corrected chi connectivity index (χ2v) is 10.1. The van der Waals surface area contributed by atoms with Crippen LogP contribution >= 0.6 is 0 Å². The molecule has 0 spiro atoms. The van der Waals surface area contributed by atoms with Crippen molar-refractivity contribution in [3.63, 3.8) is 0 Å². The quantitative estimate of drug-likeness (QED) is 0.280. The van der Waals surface area contributed by atoms with Gasteiger partial charge in [-0.25, -0.2) is 19.7 Å². The zero-order valence-corrected chi connectivity index (χ0v) is 20.6. The van der Waals surface area contributed by atoms with E-state index >= 15 is 0 Å². The fourth-order valence-corrected chi connectivity index (χ4v) is 5.06. The molecule has 11 nitrogen and oxygen atoms in total. The topological polar surface area (TPSA) is 141 Å². The molecule has 2 saturated carbocycles. The SMILES string of the molecule is Cc1cn2c(-c3cn(C4CC4)c4ncnc(N)c34)ccc(NC(=O)Nc3cc(C4(C(F)(F)F)CC4)on3)c2n1. The molecule has 0 aliphatic heterocycles. The Morgan fingerprint density at radius 1 is 1.15 bits per heavy atom. The Balaban J connectivity index is 1.20. The van der Waals surface area contributed by atoms with Gasteiger partial charge in [0.2, 0.25) is 0 Å². The number of amides is 2. The summed E-state index contributed by atoms with van der Waals surface area (Å²) in [5, 5.41) is 9.49. The number of carbonyl (C=O) groups excluding carboxylic acids is 1. The minimum absolute atomic E-state index is 0.0714. The lowest BCUT2D eigenvalue weighted by molar-refractivity contribution is -0.165. The Kier molecular flexibility index (Phi) is 4.78. The van der Waals surface area contributed by atoms with Crippen LogP contribution in [-0.2, 0) is 5.41 Å². The van der Waals surface area contributed by atoms with E-state index in [9.17, 15) is 18.0 Å². The molecule has 2 amide bonds. The van der Waals surface area contributed by atoms with Crippen LogP contribution in [0.5, 0.6) is 0 Å². The molecule has 2 aliphatic carbocycles. The molecule has 5 aromatic rings. The van der Waals surface area contributed by atoms with E-state index in [1.807, 2.05) is 29.8 Å². The summed E-state index contributed by atoms with van der Waals surface area (Å²) >= 11 is 0. The van der Waals surface area contributed by atoms with Crippen LogP contribution < -0.4 is 16.4 Å². The van der Waals surface area contributed by atoms with E-state index in [2.05, 4.69) is 35.3 Å². The summed E-state index contributed by atoms with van der Waals surface area (Å²) in [5.41, 5.74) is 8.20. The van der Waals surface area contributed by atoms with Gasteiger partial charge < -0.3 is 20.1 Å². The number of carbonyl (C=O) groups is 1. The number of halogens is 3. The van der Waals surface area contributed by atoms with E-state index in [-0.39, 0.29) is 24.4 Å². The van der Waals surface area contributed by atoms with Crippen molar-refractivity contribution in [2.45, 2.75) is 50.2 Å². The van der Waals surface area contributed by atoms with Crippen LogP contribution in [0.2, 0.25) is 0 Å². The number of nitrogens with two attached hydrogens (primary N) is 1. The third kappa shape index (κ3) is 3.69. The maximum Gasteiger partial charge on any atom is 0.401 e. The first kappa shape index (κ1) is 23.5. The number of anilines is 3. The van der Waals surface area contributed by atoms with Crippen molar-refractivity contribution < 1.29 is 22.5 Å². The highest BCUT2D eigenvalue weighted by molar-refractivity contribution is 6.03. The molecule has 5 heterocycles. The van der Waals surface area contributed by atoms with E-state index in [0.29, 0.717) is 28.9 Å². The number of urea groups is 1. The zero-order chi connectivity index (χ0) is 27.1. The Morgan fingerprint density at radius 3 is 2.67 bits per heavy atom. The number of hydrogen-bond acceptors (Lipinski definition) is 7. The van der Waals surface area contributed by atoms with Crippen molar-refractivity contribution in [2.75, 3.05) is 16.4 Å². The molecule has 39 heavy (non-hydrogen) atoms. The first-order chi connectivity index (χ1) is 18.6. The predicted molar refractivity (Wildman–Crippen MR) is 135 cm³/mol. The fraction of sp³-hybridized carbons (Fsp3) is 0.320. The first-order valence-electron chi connectivity index (χ1n) is 12.4. The number of fused-ring (bicyclic) bond motifs is 2. The number of nitrogen functional groups attached to an aromatic ring is 1. The number of rotatable bonds is 5. The molecule has 2 fully saturated rings. The minimum atomic E-state index is -4.44. The van der Waals surface area contributed by atoms with E-state index in [4.69, 9.17) is 10.3 Å². The van der Waals surface area contributed by atoms with Gasteiger partial charge >= 0.3 is 12.2 Å². The van der Waals surface area contributed by atoms with Crippen molar-refractivity contribution in [3.8, 4) is 11.3 Å². The summed E-state index contributed by atoms with van der Waals surface area (Å²) < 4.78 is 49.0. The highest BCUT2D eigenvalue weighted by Gasteiger charge is 2.66. The summed E-state index contributed by atoms with van der Waals surface area (Å²) in [6.07, 6.45) is 2.85. The molecule has 14 heteroatoms. The molecule has 4 N–H and O–H groups in total. The molecule has 0 radical (unpaired) electrons. The van der Waals surface area contributed by atoms with Crippen LogP contribution in [0.4, 0.5) is 35.3 Å². The number of hydrogen-bond donors (Lipinski definition) is 3. The van der Waals surface area contributed by atoms with Gasteiger partial charge in [-0.2, -0.15) is 13.2 Å². The van der Waals surface area contributed by atoms with E-state index < -0.39 is 17.6 Å². The minimum Gasteiger partial charge on any atom is -0.383 e. The molecule has 0 unspecified atom stereocenters. The molecule has 200 valence electrons. The number of nitrogens with one attached hydrogen (secondary N) is 2. The van der Waals surface area contributed by atoms with Gasteiger partial charge in [0, 0.05) is 30.1 Å². The molecule has 0 atom stereocenters. The highest BCUT2D eigenvalue weighted by atomic mass is 19.4. The van der Waals surface area contributed by atoms with Crippen LogP contribution in [0.15, 0.2) is 41.4 Å². The van der Waals surface area contributed by atoms with Gasteiger partial charge in [-0.05, 0) is 44.7 Å². The van der Waals surface area contributed by atoms with Gasteiger partial charge in [-0.15, -0.1) is 0 Å². The van der Waals surface area contributed by atoms with Crippen molar-refractivity contribution in [1.29, 1.82) is 0 Å². The maximum absolute atomic E-state index is 13.4. The molecular formula is C25H22F3N9O2. The lowest BCUT2D eigenvalue weighted by Crippen LogP contribution is -2.28. The Hall–Kier alpha value is -4.62. The number of imidazole rings is 1. The Labute approximate surface area is 218 Å². The standard InChI is InChI=1S/C25H22F3N9O2/c1-12-9-37-16(14-10-36(13-2-3-13)22-19(14)20(29)30-11-31-22)5-4-15(21(37)32-12)33-23(38)34-18-8-17(39-35-18)24(6-7-24)25(26,27)28/h4-5,8-11,13H,2-3,6-7H2,1H3,(H2,29,30,31)(H2,33,34,35,38). The van der Waals surface area contributed by atoms with Crippen LogP contribution in [0.1, 0.15) is 43.2 Å². The molecule has 5 aromatic heterocycles. The predicted octanol–water partition coefficient (Wildman–Crippen LogP) is 5.20. The second kappa shape index (κ2) is 7.94. The zero-order valence-electron chi connectivity index (χ0n) is 20.6. The number of aromatic nitrogens is 6. The van der Waals surface area contributed by atoms with Gasteiger partial charge in [0.25, 0.3) is 0 Å². The summed E-state index contributed by atoms with van der Waals surface area (Å²) in [5.74, 6) is -0.0606. The number of nitrogens with zero attached hydrogens (tertiary/aromatic N) is 6. The maximum atomic E-state index is 13.4. The van der Waals surface area contributed by atoms with Gasteiger partial charge in [-0.1, -0.05) is 5.16 Å². The number of aryl methyl sites for hydroxylation is 1. The highest BCUT2D eigenvalue weighted by Crippen LogP contribution is 2.59. The van der Waals surface area contributed by atoms with Crippen LogP contribution in [0.25, 0.3) is 27.9 Å². The van der Waals surface area contributed by atoms with E-state index in [0.717, 1.165) is 41.2 Å². The summed E-state index contributed by atoms with van der Waals surface area (Å²) in [6, 6.07) is 4.30. The fourth-order valence-electron chi connectivity index (χ4n) is 5.06. The molecule has 0 saturated heterocycles. The van der Waals surface area contributed by atoms with Gasteiger partial charge in [0.15, 0.2) is 17.2 Å². The normalized spacial score (nSPS) is 16.6. The number of pyridine rings is 1. The van der Waals surface area contributed by atoms with Crippen LogP contribution in [0, 0.1) is 6.92 Å². The molecule has 0 bridgehead atoms. The van der Waals surface area contributed by atoms with Gasteiger partial charge in [0.05, 0.1) is 22.5 Å². The van der Waals surface area contributed by atoms with Gasteiger partial charge in [0.1, 0.15) is 23.2 Å². The summed E-state index contributed by atoms with van der Waals surface area (Å²) in [7, 11) is 0. The first-order valence-corrected chi connectivity index (χ1v) is 12.4. The summed E-state index contributed by atoms with van der Waals surface area (Å²) in [4.78, 5) is 26.0. The molecule has 7 rings (SSSR count). The van der Waals surface area contributed by atoms with E-state index in [1.165, 1.54) is 6.33 Å². The van der Waals surface area contributed by atoms with Crippen molar-refractivity contribution in [1.82, 2.24) is 29.1 Å². The Morgan fingerprint density at radius 2 is 1.95 bits per heavy atom. The summed E-state index contributed by atoms with van der Waals surface area (Å²) in [6.45, 7) is 1.83. The third-order valence-electron chi connectivity index (χ3n) is 7.35. The van der Waals surface area contributed by atoms with Crippen LogP contribution in [0.3, 0.4) is 0 Å². The monoisotopic (exact) mass is 537 g/mol. The van der Waals surface area contributed by atoms with E-state index in [1.54, 1.807) is 6.07 Å². The van der Waals surface area contributed by atoms with Crippen molar-refractivity contribution >= 4 is 40.0 Å².